The summed E-state index contributed by atoms with van der Waals surface area (Å²) in [6.07, 6.45) is -3.27. The van der Waals surface area contributed by atoms with E-state index in [0.29, 0.717) is 50.5 Å². The van der Waals surface area contributed by atoms with E-state index in [4.69, 9.17) is 9.47 Å². The van der Waals surface area contributed by atoms with E-state index in [9.17, 15) is 22.8 Å². The quantitative estimate of drug-likeness (QED) is 0.714. The van der Waals surface area contributed by atoms with Gasteiger partial charge in [-0.2, -0.15) is 13.2 Å². The first-order valence-corrected chi connectivity index (χ1v) is 7.77. The van der Waals surface area contributed by atoms with Gasteiger partial charge in [-0.15, -0.1) is 0 Å². The Morgan fingerprint density at radius 3 is 2.22 bits per heavy atom. The lowest BCUT2D eigenvalue weighted by atomic mass is 10.0. The van der Waals surface area contributed by atoms with Crippen LogP contribution in [0.25, 0.3) is 0 Å². The first-order chi connectivity index (χ1) is 10.8. The van der Waals surface area contributed by atoms with Crippen molar-refractivity contribution in [2.75, 3.05) is 32.8 Å². The predicted octanol–water partition coefficient (Wildman–Crippen LogP) is 0.905. The lowest BCUT2D eigenvalue weighted by Crippen LogP contribution is -2.54. The largest absolute Gasteiger partial charge is 0.471 e. The summed E-state index contributed by atoms with van der Waals surface area (Å²) in [6.45, 7) is 1.74. The number of ether oxygens (including phenoxy) is 2. The van der Waals surface area contributed by atoms with Crippen LogP contribution in [0.2, 0.25) is 0 Å². The molecule has 0 N–H and O–H groups in total. The summed E-state index contributed by atoms with van der Waals surface area (Å²) in [5.74, 6) is -2.98. The van der Waals surface area contributed by atoms with Gasteiger partial charge >= 0.3 is 12.1 Å². The molecule has 3 rings (SSSR count). The molecule has 130 valence electrons. The van der Waals surface area contributed by atoms with E-state index >= 15 is 0 Å². The van der Waals surface area contributed by atoms with Gasteiger partial charge in [0.2, 0.25) is 5.91 Å². The smallest absolute Gasteiger partial charge is 0.347 e. The molecular weight excluding hydrogens is 317 g/mol. The van der Waals surface area contributed by atoms with Gasteiger partial charge in [-0.25, -0.2) is 0 Å². The van der Waals surface area contributed by atoms with Crippen molar-refractivity contribution in [2.45, 2.75) is 43.7 Å². The molecule has 1 spiro atoms. The van der Waals surface area contributed by atoms with Gasteiger partial charge < -0.3 is 19.3 Å². The summed E-state index contributed by atoms with van der Waals surface area (Å²) < 4.78 is 49.0. The molecule has 0 aliphatic carbocycles. The third-order valence-corrected chi connectivity index (χ3v) is 4.69. The predicted molar refractivity (Wildman–Crippen MR) is 71.2 cm³/mol. The third kappa shape index (κ3) is 3.16. The van der Waals surface area contributed by atoms with Gasteiger partial charge in [0.1, 0.15) is 6.04 Å². The standard InChI is InChI=1S/C14H19F3N2O4/c15-14(16,17)12(21)19-5-1-2-10(19)11(20)18-6-3-13(4-7-18)22-8-9-23-13/h10H,1-9H2. The molecule has 0 aromatic heterocycles. The first kappa shape index (κ1) is 16.5. The van der Waals surface area contributed by atoms with Crippen molar-refractivity contribution >= 4 is 11.8 Å². The Kier molecular flexibility index (Phi) is 4.26. The topological polar surface area (TPSA) is 59.1 Å². The van der Waals surface area contributed by atoms with Crippen molar-refractivity contribution in [3.8, 4) is 0 Å². The van der Waals surface area contributed by atoms with Gasteiger partial charge in [-0.05, 0) is 12.8 Å². The highest BCUT2D eigenvalue weighted by Crippen LogP contribution is 2.33. The van der Waals surface area contributed by atoms with Crippen LogP contribution in [0.5, 0.6) is 0 Å². The van der Waals surface area contributed by atoms with Crippen LogP contribution in [0, 0.1) is 0 Å². The van der Waals surface area contributed by atoms with Crippen molar-refractivity contribution < 1.29 is 32.2 Å². The number of rotatable bonds is 1. The maximum absolute atomic E-state index is 12.6. The lowest BCUT2D eigenvalue weighted by molar-refractivity contribution is -0.192. The molecule has 2 amide bonds. The Balaban J connectivity index is 1.62. The maximum atomic E-state index is 12.6. The molecule has 3 fully saturated rings. The summed E-state index contributed by atoms with van der Waals surface area (Å²) in [5.41, 5.74) is 0. The third-order valence-electron chi connectivity index (χ3n) is 4.69. The van der Waals surface area contributed by atoms with Crippen molar-refractivity contribution in [3.05, 3.63) is 0 Å². The van der Waals surface area contributed by atoms with Crippen molar-refractivity contribution in [1.29, 1.82) is 0 Å². The Hall–Kier alpha value is -1.35. The number of carbonyl (C=O) groups excluding carboxylic acids is 2. The van der Waals surface area contributed by atoms with Crippen LogP contribution >= 0.6 is 0 Å². The molecule has 3 saturated heterocycles. The minimum atomic E-state index is -4.94. The Morgan fingerprint density at radius 2 is 1.65 bits per heavy atom. The monoisotopic (exact) mass is 336 g/mol. The summed E-state index contributed by atoms with van der Waals surface area (Å²) in [5, 5.41) is 0. The number of carbonyl (C=O) groups is 2. The average Bonchev–Trinajstić information content (AvgIpc) is 3.15. The van der Waals surface area contributed by atoms with Crippen molar-refractivity contribution in [3.63, 3.8) is 0 Å². The van der Waals surface area contributed by atoms with Gasteiger partial charge in [-0.1, -0.05) is 0 Å². The van der Waals surface area contributed by atoms with Gasteiger partial charge in [0, 0.05) is 32.5 Å². The molecule has 6 nitrogen and oxygen atoms in total. The lowest BCUT2D eigenvalue weighted by Gasteiger charge is -2.39. The van der Waals surface area contributed by atoms with E-state index in [1.807, 2.05) is 0 Å². The molecule has 3 aliphatic rings. The second-order valence-corrected chi connectivity index (χ2v) is 6.09. The summed E-state index contributed by atoms with van der Waals surface area (Å²) in [7, 11) is 0. The number of likely N-dealkylation sites (tertiary alicyclic amines) is 2. The Bertz CT molecular complexity index is 481. The zero-order chi connectivity index (χ0) is 16.7. The van der Waals surface area contributed by atoms with E-state index in [1.54, 1.807) is 0 Å². The van der Waals surface area contributed by atoms with E-state index in [-0.39, 0.29) is 13.0 Å². The molecule has 3 heterocycles. The molecule has 0 radical (unpaired) electrons. The second-order valence-electron chi connectivity index (χ2n) is 6.09. The highest BCUT2D eigenvalue weighted by Gasteiger charge is 2.49. The number of amides is 2. The van der Waals surface area contributed by atoms with Crippen molar-refractivity contribution in [1.82, 2.24) is 9.80 Å². The van der Waals surface area contributed by atoms with Crippen molar-refractivity contribution in [2.24, 2.45) is 0 Å². The van der Waals surface area contributed by atoms with Crippen LogP contribution in [0.4, 0.5) is 13.2 Å². The fraction of sp³-hybridized carbons (Fsp3) is 0.857. The molecule has 0 aromatic carbocycles. The molecule has 0 bridgehead atoms. The zero-order valence-corrected chi connectivity index (χ0v) is 12.6. The highest BCUT2D eigenvalue weighted by molar-refractivity contribution is 5.90. The van der Waals surface area contributed by atoms with E-state index in [0.717, 1.165) is 0 Å². The second kappa shape index (κ2) is 5.94. The minimum Gasteiger partial charge on any atom is -0.347 e. The molecule has 23 heavy (non-hydrogen) atoms. The van der Waals surface area contributed by atoms with Gasteiger partial charge in [0.15, 0.2) is 5.79 Å². The summed E-state index contributed by atoms with van der Waals surface area (Å²) >= 11 is 0. The molecule has 9 heteroatoms. The first-order valence-electron chi connectivity index (χ1n) is 7.77. The molecule has 0 saturated carbocycles. The molecule has 1 unspecified atom stereocenters. The molecule has 1 atom stereocenters. The van der Waals surface area contributed by atoms with Gasteiger partial charge in [-0.3, -0.25) is 9.59 Å². The molecule has 0 aromatic rings. The van der Waals surface area contributed by atoms with Gasteiger partial charge in [0.05, 0.1) is 13.2 Å². The molecule has 3 aliphatic heterocycles. The SMILES string of the molecule is O=C(C1CCCN1C(=O)C(F)(F)F)N1CCC2(CC1)OCCO2. The van der Waals surface area contributed by atoms with E-state index < -0.39 is 29.8 Å². The van der Waals surface area contributed by atoms with Gasteiger partial charge in [0.25, 0.3) is 0 Å². The number of piperidine rings is 1. The number of hydrogen-bond donors (Lipinski definition) is 0. The summed E-state index contributed by atoms with van der Waals surface area (Å²) in [4.78, 5) is 26.2. The van der Waals surface area contributed by atoms with Crippen LogP contribution in [-0.2, 0) is 19.1 Å². The van der Waals surface area contributed by atoms with Crippen LogP contribution < -0.4 is 0 Å². The van der Waals surface area contributed by atoms with Crippen LogP contribution in [0.3, 0.4) is 0 Å². The Labute approximate surface area is 131 Å². The summed E-state index contributed by atoms with van der Waals surface area (Å²) in [6, 6.07) is -1.01. The number of hydrogen-bond acceptors (Lipinski definition) is 4. The average molecular weight is 336 g/mol. The van der Waals surface area contributed by atoms with Crippen LogP contribution in [0.15, 0.2) is 0 Å². The van der Waals surface area contributed by atoms with Crippen LogP contribution in [-0.4, -0.2) is 72.5 Å². The van der Waals surface area contributed by atoms with E-state index in [2.05, 4.69) is 0 Å². The highest BCUT2D eigenvalue weighted by atomic mass is 19.4. The fourth-order valence-corrected chi connectivity index (χ4v) is 3.49. The normalized spacial score (nSPS) is 27.7. The van der Waals surface area contributed by atoms with Crippen LogP contribution in [0.1, 0.15) is 25.7 Å². The zero-order valence-electron chi connectivity index (χ0n) is 12.6. The molecular formula is C14H19F3N2O4. The minimum absolute atomic E-state index is 0.0290. The number of nitrogens with zero attached hydrogens (tertiary/aromatic N) is 2. The Morgan fingerprint density at radius 1 is 1.04 bits per heavy atom. The maximum Gasteiger partial charge on any atom is 0.471 e. The fourth-order valence-electron chi connectivity index (χ4n) is 3.49. The van der Waals surface area contributed by atoms with E-state index in [1.165, 1.54) is 4.90 Å². The number of halogens is 3. The number of alkyl halides is 3.